The molecule has 1 saturated heterocycles. The summed E-state index contributed by atoms with van der Waals surface area (Å²) in [6.07, 6.45) is 9.17. The Labute approximate surface area is 199 Å². The summed E-state index contributed by atoms with van der Waals surface area (Å²) in [7, 11) is 1.42. The lowest BCUT2D eigenvalue weighted by Crippen LogP contribution is -2.59. The molecular weight excluding hydrogens is 428 g/mol. The molecule has 8 heteroatoms. The van der Waals surface area contributed by atoms with E-state index in [0.717, 1.165) is 70.6 Å². The number of unbranched alkanes of at least 4 members (excludes halogenated alkanes) is 10. The lowest BCUT2D eigenvalue weighted by Gasteiger charge is -2.41. The molecule has 0 aromatic rings. The number of carbonyl (C=O) groups is 1. The van der Waals surface area contributed by atoms with E-state index in [0.29, 0.717) is 6.42 Å². The van der Waals surface area contributed by atoms with E-state index < -0.39 is 37.3 Å². The molecule has 1 unspecified atom stereocenters. The van der Waals surface area contributed by atoms with Gasteiger partial charge in [-0.25, -0.2) is 0 Å². The molecule has 0 aromatic heterocycles. The van der Waals surface area contributed by atoms with Crippen molar-refractivity contribution in [2.75, 3.05) is 13.7 Å². The van der Waals surface area contributed by atoms with E-state index in [2.05, 4.69) is 11.7 Å². The van der Waals surface area contributed by atoms with E-state index >= 15 is 0 Å². The first-order valence-electron chi connectivity index (χ1n) is 13.0. The van der Waals surface area contributed by atoms with Crippen LogP contribution in [-0.2, 0) is 19.0 Å². The average Bonchev–Trinajstić information content (AvgIpc) is 2.82. The number of aliphatic hydroxyl groups excluding tert-OH is 4. The third-order valence-electron chi connectivity index (χ3n) is 6.44. The third kappa shape index (κ3) is 12.5. The van der Waals surface area contributed by atoms with E-state index in [1.54, 1.807) is 0 Å². The van der Waals surface area contributed by atoms with Gasteiger partial charge >= 0.3 is 5.97 Å². The van der Waals surface area contributed by atoms with Crippen molar-refractivity contribution in [3.63, 3.8) is 0 Å². The standard InChI is InChI=1S/C25H48O8/c1-3-4-5-12-15-19(32-25-24(30)23(29)22(28)20(18-26)33-25)16-13-10-8-6-7-9-11-14-17-21(27)31-2/h19-20,22-26,28-30H,3-18H2,1-2H3/t19?,20-,22-,23+,24-,25-/m1/s1. The van der Waals surface area contributed by atoms with E-state index in [-0.39, 0.29) is 12.1 Å². The molecule has 33 heavy (non-hydrogen) atoms. The van der Waals surface area contributed by atoms with Crippen LogP contribution in [0.25, 0.3) is 0 Å². The number of hydrogen-bond donors (Lipinski definition) is 4. The summed E-state index contributed by atoms with van der Waals surface area (Å²) in [5.41, 5.74) is 0. The van der Waals surface area contributed by atoms with Crippen LogP contribution in [0.15, 0.2) is 0 Å². The molecule has 1 aliphatic heterocycles. The highest BCUT2D eigenvalue weighted by Gasteiger charge is 2.44. The number of rotatable bonds is 19. The van der Waals surface area contributed by atoms with E-state index in [4.69, 9.17) is 9.47 Å². The number of aliphatic hydroxyl groups is 4. The predicted molar refractivity (Wildman–Crippen MR) is 126 cm³/mol. The molecule has 1 fully saturated rings. The number of methoxy groups -OCH3 is 1. The maximum absolute atomic E-state index is 11.1. The zero-order valence-electron chi connectivity index (χ0n) is 20.7. The van der Waals surface area contributed by atoms with Crippen molar-refractivity contribution in [2.45, 2.75) is 140 Å². The van der Waals surface area contributed by atoms with Gasteiger partial charge < -0.3 is 34.6 Å². The Kier molecular flexibility index (Phi) is 17.0. The second-order valence-corrected chi connectivity index (χ2v) is 9.25. The van der Waals surface area contributed by atoms with Crippen LogP contribution in [0, 0.1) is 0 Å². The highest BCUT2D eigenvalue weighted by Crippen LogP contribution is 2.26. The lowest BCUT2D eigenvalue weighted by molar-refractivity contribution is -0.312. The van der Waals surface area contributed by atoms with Crippen LogP contribution in [0.3, 0.4) is 0 Å². The average molecular weight is 477 g/mol. The second kappa shape index (κ2) is 18.5. The Hall–Kier alpha value is -0.770. The van der Waals surface area contributed by atoms with Crippen molar-refractivity contribution in [1.82, 2.24) is 0 Å². The Bertz CT molecular complexity index is 487. The molecule has 6 atom stereocenters. The lowest BCUT2D eigenvalue weighted by atomic mass is 9.98. The largest absolute Gasteiger partial charge is 0.469 e. The summed E-state index contributed by atoms with van der Waals surface area (Å²) >= 11 is 0. The molecule has 1 aliphatic rings. The minimum absolute atomic E-state index is 0.0957. The summed E-state index contributed by atoms with van der Waals surface area (Å²) in [6.45, 7) is 1.72. The highest BCUT2D eigenvalue weighted by molar-refractivity contribution is 5.68. The molecule has 8 nitrogen and oxygen atoms in total. The summed E-state index contributed by atoms with van der Waals surface area (Å²) in [5, 5.41) is 39.7. The van der Waals surface area contributed by atoms with E-state index in [1.165, 1.54) is 26.4 Å². The summed E-state index contributed by atoms with van der Waals surface area (Å²) in [5.74, 6) is -0.134. The molecule has 0 amide bonds. The molecule has 1 rings (SSSR count). The SMILES string of the molecule is CCCCCCC(CCCCCCCCCCC(=O)OC)O[C@@H]1O[C@H](CO)[C@@H](O)[C@H](O)[C@H]1O. The number of hydrogen-bond acceptors (Lipinski definition) is 8. The van der Waals surface area contributed by atoms with Gasteiger partial charge in [-0.2, -0.15) is 0 Å². The van der Waals surface area contributed by atoms with Gasteiger partial charge in [-0.1, -0.05) is 77.6 Å². The first-order chi connectivity index (χ1) is 15.9. The van der Waals surface area contributed by atoms with Crippen molar-refractivity contribution in [1.29, 1.82) is 0 Å². The molecule has 0 saturated carbocycles. The van der Waals surface area contributed by atoms with Crippen molar-refractivity contribution >= 4 is 5.97 Å². The molecule has 0 radical (unpaired) electrons. The van der Waals surface area contributed by atoms with Gasteiger partial charge in [-0.3, -0.25) is 4.79 Å². The molecular formula is C25H48O8. The number of esters is 1. The topological polar surface area (TPSA) is 126 Å². The van der Waals surface area contributed by atoms with Crippen molar-refractivity contribution in [2.24, 2.45) is 0 Å². The smallest absolute Gasteiger partial charge is 0.305 e. The van der Waals surface area contributed by atoms with Gasteiger partial charge in [0.05, 0.1) is 19.8 Å². The van der Waals surface area contributed by atoms with Gasteiger partial charge in [0.2, 0.25) is 0 Å². The fourth-order valence-corrected chi connectivity index (χ4v) is 4.25. The molecule has 196 valence electrons. The van der Waals surface area contributed by atoms with Crippen LogP contribution in [0.4, 0.5) is 0 Å². The summed E-state index contributed by atoms with van der Waals surface area (Å²) in [4.78, 5) is 11.1. The van der Waals surface area contributed by atoms with Gasteiger partial charge in [0.1, 0.15) is 24.4 Å². The van der Waals surface area contributed by atoms with Crippen LogP contribution in [0.1, 0.15) is 103 Å². The van der Waals surface area contributed by atoms with Crippen LogP contribution in [0.2, 0.25) is 0 Å². The predicted octanol–water partition coefficient (Wildman–Crippen LogP) is 3.22. The Morgan fingerprint density at radius 1 is 0.818 bits per heavy atom. The maximum atomic E-state index is 11.1. The fraction of sp³-hybridized carbons (Fsp3) is 0.960. The Morgan fingerprint density at radius 2 is 1.36 bits per heavy atom. The molecule has 0 spiro atoms. The van der Waals surface area contributed by atoms with Gasteiger partial charge in [-0.15, -0.1) is 0 Å². The van der Waals surface area contributed by atoms with Gasteiger partial charge in [0.25, 0.3) is 0 Å². The minimum atomic E-state index is -1.41. The fourth-order valence-electron chi connectivity index (χ4n) is 4.25. The zero-order valence-corrected chi connectivity index (χ0v) is 20.7. The number of carbonyl (C=O) groups excluding carboxylic acids is 1. The normalized spacial score (nSPS) is 26.3. The first-order valence-corrected chi connectivity index (χ1v) is 13.0. The Morgan fingerprint density at radius 3 is 1.91 bits per heavy atom. The maximum Gasteiger partial charge on any atom is 0.305 e. The van der Waals surface area contributed by atoms with E-state index in [9.17, 15) is 25.2 Å². The van der Waals surface area contributed by atoms with Gasteiger partial charge in [0, 0.05) is 6.42 Å². The van der Waals surface area contributed by atoms with Gasteiger partial charge in [-0.05, 0) is 19.3 Å². The molecule has 0 aliphatic carbocycles. The van der Waals surface area contributed by atoms with Crippen LogP contribution >= 0.6 is 0 Å². The molecule has 0 bridgehead atoms. The first kappa shape index (κ1) is 30.3. The second-order valence-electron chi connectivity index (χ2n) is 9.25. The van der Waals surface area contributed by atoms with Crippen LogP contribution < -0.4 is 0 Å². The van der Waals surface area contributed by atoms with Crippen molar-refractivity contribution in [3.8, 4) is 0 Å². The molecule has 4 N–H and O–H groups in total. The summed E-state index contributed by atoms with van der Waals surface area (Å²) < 4.78 is 16.2. The number of ether oxygens (including phenoxy) is 3. The van der Waals surface area contributed by atoms with E-state index in [1.807, 2.05) is 0 Å². The van der Waals surface area contributed by atoms with Crippen molar-refractivity contribution in [3.05, 3.63) is 0 Å². The monoisotopic (exact) mass is 476 g/mol. The summed E-state index contributed by atoms with van der Waals surface area (Å²) in [6, 6.07) is 0. The van der Waals surface area contributed by atoms with Crippen molar-refractivity contribution < 1.29 is 39.4 Å². The van der Waals surface area contributed by atoms with Crippen LogP contribution in [0.5, 0.6) is 0 Å². The highest BCUT2D eigenvalue weighted by atomic mass is 16.7. The van der Waals surface area contributed by atoms with Crippen LogP contribution in [-0.4, -0.2) is 76.9 Å². The quantitative estimate of drug-likeness (QED) is 0.165. The zero-order chi connectivity index (χ0) is 24.5. The Balaban J connectivity index is 2.33. The molecule has 1 heterocycles. The minimum Gasteiger partial charge on any atom is -0.469 e. The molecule has 0 aromatic carbocycles. The third-order valence-corrected chi connectivity index (χ3v) is 6.44. The van der Waals surface area contributed by atoms with Gasteiger partial charge in [0.15, 0.2) is 6.29 Å².